The topological polar surface area (TPSA) is 73.5 Å². The second-order valence-corrected chi connectivity index (χ2v) is 7.05. The first-order chi connectivity index (χ1) is 13.2. The van der Waals surface area contributed by atoms with Crippen LogP contribution in [0.3, 0.4) is 0 Å². The number of rotatable bonds is 5. The van der Waals surface area contributed by atoms with Crippen molar-refractivity contribution in [3.05, 3.63) is 65.7 Å². The Labute approximate surface area is 158 Å². The van der Waals surface area contributed by atoms with Crippen molar-refractivity contribution in [3.8, 4) is 0 Å². The molecular formula is C21H24N4O2. The Morgan fingerprint density at radius 3 is 2.59 bits per heavy atom. The van der Waals surface area contributed by atoms with Gasteiger partial charge in [-0.3, -0.25) is 15.0 Å². The number of hydrazine groups is 1. The van der Waals surface area contributed by atoms with Crippen LogP contribution in [0.25, 0.3) is 0 Å². The van der Waals surface area contributed by atoms with Gasteiger partial charge in [-0.1, -0.05) is 42.5 Å². The summed E-state index contributed by atoms with van der Waals surface area (Å²) in [6.07, 6.45) is 1.55. The average molecular weight is 364 g/mol. The van der Waals surface area contributed by atoms with Crippen molar-refractivity contribution in [3.63, 3.8) is 0 Å². The summed E-state index contributed by atoms with van der Waals surface area (Å²) < 4.78 is 0. The third-order valence-electron chi connectivity index (χ3n) is 5.27. The van der Waals surface area contributed by atoms with Gasteiger partial charge in [0.1, 0.15) is 0 Å². The van der Waals surface area contributed by atoms with Crippen LogP contribution in [0.5, 0.6) is 0 Å². The zero-order valence-corrected chi connectivity index (χ0v) is 15.2. The molecule has 2 fully saturated rings. The Kier molecular flexibility index (Phi) is 5.18. The number of carbonyl (C=O) groups is 2. The van der Waals surface area contributed by atoms with E-state index in [1.165, 1.54) is 0 Å². The first-order valence-electron chi connectivity index (χ1n) is 9.43. The minimum Gasteiger partial charge on any atom is -0.352 e. The summed E-state index contributed by atoms with van der Waals surface area (Å²) >= 11 is 0. The van der Waals surface area contributed by atoms with Crippen molar-refractivity contribution in [2.75, 3.05) is 18.0 Å². The Morgan fingerprint density at radius 1 is 1.11 bits per heavy atom. The van der Waals surface area contributed by atoms with Gasteiger partial charge in [0.15, 0.2) is 0 Å². The van der Waals surface area contributed by atoms with Crippen molar-refractivity contribution in [1.29, 1.82) is 0 Å². The Morgan fingerprint density at radius 2 is 1.89 bits per heavy atom. The van der Waals surface area contributed by atoms with Gasteiger partial charge in [-0.05, 0) is 29.7 Å². The second-order valence-electron chi connectivity index (χ2n) is 7.05. The molecule has 0 bridgehead atoms. The Hall–Kier alpha value is -2.70. The molecule has 6 nitrogen and oxygen atoms in total. The molecule has 3 N–H and O–H groups in total. The minimum absolute atomic E-state index is 0.0279. The number of carbonyl (C=O) groups excluding carboxylic acids is 2. The largest absolute Gasteiger partial charge is 0.352 e. The van der Waals surface area contributed by atoms with Gasteiger partial charge in [0.2, 0.25) is 11.8 Å². The van der Waals surface area contributed by atoms with Crippen molar-refractivity contribution >= 4 is 17.5 Å². The molecule has 0 aromatic heterocycles. The van der Waals surface area contributed by atoms with Crippen molar-refractivity contribution < 1.29 is 9.59 Å². The summed E-state index contributed by atoms with van der Waals surface area (Å²) in [5.74, 6) is 0.0540. The molecule has 0 saturated carbocycles. The van der Waals surface area contributed by atoms with Gasteiger partial charge < -0.3 is 10.2 Å². The molecule has 4 rings (SSSR count). The molecule has 2 atom stereocenters. The summed E-state index contributed by atoms with van der Waals surface area (Å²) in [5.41, 5.74) is 9.34. The van der Waals surface area contributed by atoms with Crippen LogP contribution in [-0.2, 0) is 16.1 Å². The predicted octanol–water partition coefficient (Wildman–Crippen LogP) is 1.89. The van der Waals surface area contributed by atoms with Crippen LogP contribution in [0.15, 0.2) is 54.6 Å². The van der Waals surface area contributed by atoms with Crippen molar-refractivity contribution in [1.82, 2.24) is 16.2 Å². The van der Waals surface area contributed by atoms with Crippen LogP contribution in [0.2, 0.25) is 0 Å². The fourth-order valence-electron chi connectivity index (χ4n) is 3.75. The quantitative estimate of drug-likeness (QED) is 0.758. The maximum absolute atomic E-state index is 12.7. The number of hydrogen-bond donors (Lipinski definition) is 3. The summed E-state index contributed by atoms with van der Waals surface area (Å²) in [6, 6.07) is 17.8. The van der Waals surface area contributed by atoms with Gasteiger partial charge >= 0.3 is 0 Å². The molecule has 2 unspecified atom stereocenters. The van der Waals surface area contributed by atoms with Crippen LogP contribution in [0, 0.1) is 5.92 Å². The summed E-state index contributed by atoms with van der Waals surface area (Å²) in [5, 5.41) is 3.04. The van der Waals surface area contributed by atoms with Crippen molar-refractivity contribution in [2.24, 2.45) is 5.92 Å². The number of hydrogen-bond acceptors (Lipinski definition) is 4. The molecule has 2 amide bonds. The normalized spacial score (nSPS) is 22.2. The molecule has 2 saturated heterocycles. The Balaban J connectivity index is 1.35. The molecule has 0 radical (unpaired) electrons. The van der Waals surface area contributed by atoms with E-state index in [0.717, 1.165) is 29.8 Å². The van der Waals surface area contributed by atoms with E-state index in [1.54, 1.807) is 0 Å². The lowest BCUT2D eigenvalue weighted by Crippen LogP contribution is -2.34. The standard InChI is InChI=1S/C21H24N4O2/c26-19-7-4-12-25(19)17-10-8-15(9-11-17)13-22-21(27)18-14-23-24-20(18)16-5-2-1-3-6-16/h1-3,5-6,8-11,18,20,23-24H,4,7,12-14H2,(H,22,27). The van der Waals surface area contributed by atoms with E-state index in [1.807, 2.05) is 59.5 Å². The lowest BCUT2D eigenvalue weighted by atomic mass is 9.94. The number of benzene rings is 2. The van der Waals surface area contributed by atoms with E-state index in [-0.39, 0.29) is 23.8 Å². The maximum atomic E-state index is 12.7. The SMILES string of the molecule is O=C(NCc1ccc(N2CCCC2=O)cc1)C1CNNC1c1ccccc1. The lowest BCUT2D eigenvalue weighted by Gasteiger charge is -2.19. The number of nitrogens with one attached hydrogen (secondary N) is 3. The molecule has 0 spiro atoms. The number of nitrogens with zero attached hydrogens (tertiary/aromatic N) is 1. The highest BCUT2D eigenvalue weighted by atomic mass is 16.2. The van der Waals surface area contributed by atoms with Crippen molar-refractivity contribution in [2.45, 2.75) is 25.4 Å². The monoisotopic (exact) mass is 364 g/mol. The van der Waals surface area contributed by atoms with Crippen LogP contribution in [0.1, 0.15) is 30.0 Å². The smallest absolute Gasteiger partial charge is 0.227 e. The first-order valence-corrected chi connectivity index (χ1v) is 9.43. The third kappa shape index (κ3) is 3.86. The molecular weight excluding hydrogens is 340 g/mol. The van der Waals surface area contributed by atoms with E-state index in [2.05, 4.69) is 16.2 Å². The zero-order valence-electron chi connectivity index (χ0n) is 15.2. The lowest BCUT2D eigenvalue weighted by molar-refractivity contribution is -0.125. The molecule has 6 heteroatoms. The van der Waals surface area contributed by atoms with Gasteiger partial charge in [-0.25, -0.2) is 5.43 Å². The second kappa shape index (κ2) is 7.90. The average Bonchev–Trinajstić information content (AvgIpc) is 3.36. The van der Waals surface area contributed by atoms with E-state index in [9.17, 15) is 9.59 Å². The van der Waals surface area contributed by atoms with Gasteiger partial charge in [0, 0.05) is 31.7 Å². The highest BCUT2D eigenvalue weighted by Crippen LogP contribution is 2.25. The summed E-state index contributed by atoms with van der Waals surface area (Å²) in [7, 11) is 0. The van der Waals surface area contributed by atoms with E-state index < -0.39 is 0 Å². The molecule has 140 valence electrons. The Bertz CT molecular complexity index is 807. The highest BCUT2D eigenvalue weighted by molar-refractivity contribution is 5.95. The maximum Gasteiger partial charge on any atom is 0.227 e. The fourth-order valence-corrected chi connectivity index (χ4v) is 3.75. The molecule has 2 heterocycles. The number of anilines is 1. The third-order valence-corrected chi connectivity index (χ3v) is 5.27. The molecule has 2 aromatic carbocycles. The van der Waals surface area contributed by atoms with Crippen LogP contribution < -0.4 is 21.1 Å². The first kappa shape index (κ1) is 17.7. The van der Waals surface area contributed by atoms with Crippen LogP contribution >= 0.6 is 0 Å². The van der Waals surface area contributed by atoms with E-state index in [0.29, 0.717) is 19.5 Å². The zero-order chi connectivity index (χ0) is 18.6. The van der Waals surface area contributed by atoms with Gasteiger partial charge in [-0.2, -0.15) is 0 Å². The van der Waals surface area contributed by atoms with Crippen LogP contribution in [0.4, 0.5) is 5.69 Å². The predicted molar refractivity (Wildman–Crippen MR) is 104 cm³/mol. The highest BCUT2D eigenvalue weighted by Gasteiger charge is 2.33. The van der Waals surface area contributed by atoms with Crippen LogP contribution in [-0.4, -0.2) is 24.9 Å². The van der Waals surface area contributed by atoms with Gasteiger partial charge in [0.25, 0.3) is 0 Å². The minimum atomic E-state index is -0.158. The summed E-state index contributed by atoms with van der Waals surface area (Å²) in [4.78, 5) is 26.3. The van der Waals surface area contributed by atoms with E-state index in [4.69, 9.17) is 0 Å². The fraction of sp³-hybridized carbons (Fsp3) is 0.333. The molecule has 27 heavy (non-hydrogen) atoms. The molecule has 2 aromatic rings. The van der Waals surface area contributed by atoms with E-state index >= 15 is 0 Å². The molecule has 2 aliphatic rings. The number of amides is 2. The summed E-state index contributed by atoms with van der Waals surface area (Å²) in [6.45, 7) is 1.87. The molecule has 2 aliphatic heterocycles. The van der Waals surface area contributed by atoms with Gasteiger partial charge in [0.05, 0.1) is 12.0 Å². The molecule has 0 aliphatic carbocycles. The van der Waals surface area contributed by atoms with Gasteiger partial charge in [-0.15, -0.1) is 0 Å².